The molecule has 1 aliphatic rings. The van der Waals surface area contributed by atoms with Gasteiger partial charge in [-0.2, -0.15) is 0 Å². The summed E-state index contributed by atoms with van der Waals surface area (Å²) >= 11 is 1.29. The molecule has 3 aromatic rings. The van der Waals surface area contributed by atoms with Crippen LogP contribution in [-0.4, -0.2) is 57.4 Å². The van der Waals surface area contributed by atoms with Crippen LogP contribution in [-0.2, 0) is 4.79 Å². The predicted molar refractivity (Wildman–Crippen MR) is 108 cm³/mol. The lowest BCUT2D eigenvalue weighted by Crippen LogP contribution is -2.50. The molecule has 3 heterocycles. The molecular weight excluding hydrogens is 374 g/mol. The van der Waals surface area contributed by atoms with E-state index < -0.39 is 0 Å². The van der Waals surface area contributed by atoms with E-state index in [-0.39, 0.29) is 11.2 Å². The van der Waals surface area contributed by atoms with Crippen molar-refractivity contribution in [1.29, 1.82) is 0 Å². The minimum absolute atomic E-state index is 0.0961. The Hall–Kier alpha value is -2.87. The third kappa shape index (κ3) is 4.17. The van der Waals surface area contributed by atoms with Gasteiger partial charge in [0.25, 0.3) is 5.22 Å². The first-order valence-electron chi connectivity index (χ1n) is 9.20. The Morgan fingerprint density at radius 2 is 1.86 bits per heavy atom. The number of thioether (sulfide) groups is 1. The number of anilines is 1. The Morgan fingerprint density at radius 1 is 1.07 bits per heavy atom. The summed E-state index contributed by atoms with van der Waals surface area (Å²) in [5.41, 5.74) is 1.96. The van der Waals surface area contributed by atoms with Crippen molar-refractivity contribution in [3.05, 3.63) is 54.9 Å². The van der Waals surface area contributed by atoms with Crippen molar-refractivity contribution in [1.82, 2.24) is 20.1 Å². The van der Waals surface area contributed by atoms with Gasteiger partial charge in [-0.15, -0.1) is 10.2 Å². The molecule has 0 radical (unpaired) electrons. The minimum Gasteiger partial charge on any atom is -0.411 e. The number of aromatic nitrogens is 3. The average Bonchev–Trinajstić information content (AvgIpc) is 3.23. The maximum Gasteiger partial charge on any atom is 0.277 e. The SMILES string of the molecule is C[C@H](Sc1nnc(-c2cccnc2)o1)C(=O)N1CCN(c2ccccc2)CC1. The normalized spacial score (nSPS) is 15.5. The molecule has 1 saturated heterocycles. The largest absolute Gasteiger partial charge is 0.411 e. The van der Waals surface area contributed by atoms with E-state index in [1.165, 1.54) is 17.4 Å². The highest BCUT2D eigenvalue weighted by molar-refractivity contribution is 8.00. The van der Waals surface area contributed by atoms with Gasteiger partial charge in [0.2, 0.25) is 11.8 Å². The number of benzene rings is 1. The lowest BCUT2D eigenvalue weighted by molar-refractivity contribution is -0.130. The zero-order chi connectivity index (χ0) is 19.3. The monoisotopic (exact) mass is 395 g/mol. The van der Waals surface area contributed by atoms with Crippen LogP contribution in [0.25, 0.3) is 11.5 Å². The molecule has 4 rings (SSSR count). The summed E-state index contributed by atoms with van der Waals surface area (Å²) in [6.07, 6.45) is 3.36. The highest BCUT2D eigenvalue weighted by Gasteiger charge is 2.27. The van der Waals surface area contributed by atoms with Gasteiger partial charge in [-0.05, 0) is 31.2 Å². The van der Waals surface area contributed by atoms with Gasteiger partial charge in [-0.3, -0.25) is 9.78 Å². The predicted octanol–water partition coefficient (Wildman–Crippen LogP) is 2.96. The maximum atomic E-state index is 12.8. The molecule has 1 fully saturated rings. The van der Waals surface area contributed by atoms with E-state index in [1.807, 2.05) is 42.2 Å². The van der Waals surface area contributed by atoms with Crippen LogP contribution in [0.2, 0.25) is 0 Å². The number of piperazine rings is 1. The fourth-order valence-corrected chi connectivity index (χ4v) is 3.91. The van der Waals surface area contributed by atoms with E-state index in [0.29, 0.717) is 24.2 Å². The Morgan fingerprint density at radius 3 is 2.57 bits per heavy atom. The minimum atomic E-state index is -0.287. The summed E-state index contributed by atoms with van der Waals surface area (Å²) in [6, 6.07) is 14.0. The Kier molecular flexibility index (Phi) is 5.57. The fraction of sp³-hybridized carbons (Fsp3) is 0.300. The van der Waals surface area contributed by atoms with Crippen LogP contribution in [0.1, 0.15) is 6.92 Å². The van der Waals surface area contributed by atoms with E-state index in [0.717, 1.165) is 18.7 Å². The molecule has 0 spiro atoms. The van der Waals surface area contributed by atoms with E-state index >= 15 is 0 Å². The van der Waals surface area contributed by atoms with E-state index in [1.54, 1.807) is 12.4 Å². The molecule has 0 N–H and O–H groups in total. The molecule has 28 heavy (non-hydrogen) atoms. The summed E-state index contributed by atoms with van der Waals surface area (Å²) in [6.45, 7) is 4.97. The number of nitrogens with zero attached hydrogens (tertiary/aromatic N) is 5. The van der Waals surface area contributed by atoms with Crippen LogP contribution in [0.3, 0.4) is 0 Å². The summed E-state index contributed by atoms with van der Waals surface area (Å²) in [7, 11) is 0. The molecule has 1 amide bonds. The standard InChI is InChI=1S/C20H21N5O2S/c1-15(28-20-23-22-18(27-20)16-6-5-9-21-14-16)19(26)25-12-10-24(11-13-25)17-7-3-2-4-8-17/h2-9,14-15H,10-13H2,1H3/t15-/m0/s1. The van der Waals surface area contributed by atoms with Crippen molar-refractivity contribution in [3.8, 4) is 11.5 Å². The molecule has 8 heteroatoms. The van der Waals surface area contributed by atoms with Crippen LogP contribution < -0.4 is 4.90 Å². The molecule has 0 aliphatic carbocycles. The number of hydrogen-bond acceptors (Lipinski definition) is 7. The first-order valence-corrected chi connectivity index (χ1v) is 10.1. The van der Waals surface area contributed by atoms with Crippen molar-refractivity contribution < 1.29 is 9.21 Å². The second-order valence-electron chi connectivity index (χ2n) is 6.52. The Labute approximate surface area is 167 Å². The second-order valence-corrected chi connectivity index (χ2v) is 7.81. The van der Waals surface area contributed by atoms with Gasteiger partial charge >= 0.3 is 0 Å². The van der Waals surface area contributed by atoms with E-state index in [4.69, 9.17) is 4.42 Å². The number of carbonyl (C=O) groups excluding carboxylic acids is 1. The number of pyridine rings is 1. The Balaban J connectivity index is 1.32. The van der Waals surface area contributed by atoms with Gasteiger partial charge in [-0.25, -0.2) is 0 Å². The molecule has 0 unspecified atom stereocenters. The number of rotatable bonds is 5. The lowest BCUT2D eigenvalue weighted by atomic mass is 10.2. The van der Waals surface area contributed by atoms with Gasteiger partial charge in [0.05, 0.1) is 10.8 Å². The smallest absolute Gasteiger partial charge is 0.277 e. The van der Waals surface area contributed by atoms with Crippen molar-refractivity contribution in [2.24, 2.45) is 0 Å². The molecule has 2 aromatic heterocycles. The molecule has 144 valence electrons. The van der Waals surface area contributed by atoms with Crippen LogP contribution in [0.5, 0.6) is 0 Å². The second kappa shape index (κ2) is 8.43. The van der Waals surface area contributed by atoms with Gasteiger partial charge in [-0.1, -0.05) is 30.0 Å². The quantitative estimate of drug-likeness (QED) is 0.615. The molecule has 0 saturated carbocycles. The Bertz CT molecular complexity index is 911. The third-order valence-electron chi connectivity index (χ3n) is 4.65. The molecule has 1 aromatic carbocycles. The van der Waals surface area contributed by atoms with Crippen molar-refractivity contribution in [3.63, 3.8) is 0 Å². The highest BCUT2D eigenvalue weighted by atomic mass is 32.2. The molecule has 0 bridgehead atoms. The van der Waals surface area contributed by atoms with Crippen LogP contribution in [0, 0.1) is 0 Å². The molecule has 7 nitrogen and oxygen atoms in total. The average molecular weight is 395 g/mol. The van der Waals surface area contributed by atoms with Gasteiger partial charge in [0, 0.05) is 44.3 Å². The van der Waals surface area contributed by atoms with Gasteiger partial charge in [0.15, 0.2) is 0 Å². The van der Waals surface area contributed by atoms with Crippen LogP contribution >= 0.6 is 11.8 Å². The summed E-state index contributed by atoms with van der Waals surface area (Å²) in [4.78, 5) is 21.1. The van der Waals surface area contributed by atoms with Gasteiger partial charge < -0.3 is 14.2 Å². The number of para-hydroxylation sites is 1. The zero-order valence-electron chi connectivity index (χ0n) is 15.6. The number of amides is 1. The van der Waals surface area contributed by atoms with Crippen LogP contribution in [0.15, 0.2) is 64.5 Å². The third-order valence-corrected chi connectivity index (χ3v) is 5.57. The fourth-order valence-electron chi connectivity index (χ4n) is 3.15. The van der Waals surface area contributed by atoms with Gasteiger partial charge in [0.1, 0.15) is 0 Å². The first kappa shape index (κ1) is 18.5. The summed E-state index contributed by atoms with van der Waals surface area (Å²) in [5, 5.41) is 8.20. The van der Waals surface area contributed by atoms with Crippen molar-refractivity contribution in [2.75, 3.05) is 31.1 Å². The summed E-state index contributed by atoms with van der Waals surface area (Å²) < 4.78 is 5.67. The first-order chi connectivity index (χ1) is 13.7. The molecule has 1 aliphatic heterocycles. The van der Waals surface area contributed by atoms with E-state index in [9.17, 15) is 4.79 Å². The zero-order valence-corrected chi connectivity index (χ0v) is 16.4. The maximum absolute atomic E-state index is 12.8. The number of carbonyl (C=O) groups is 1. The van der Waals surface area contributed by atoms with Crippen molar-refractivity contribution >= 4 is 23.4 Å². The number of hydrogen-bond donors (Lipinski definition) is 0. The van der Waals surface area contributed by atoms with E-state index in [2.05, 4.69) is 32.2 Å². The van der Waals surface area contributed by atoms with Crippen LogP contribution in [0.4, 0.5) is 5.69 Å². The summed E-state index contributed by atoms with van der Waals surface area (Å²) in [5.74, 6) is 0.505. The topological polar surface area (TPSA) is 75.4 Å². The highest BCUT2D eigenvalue weighted by Crippen LogP contribution is 2.27. The lowest BCUT2D eigenvalue weighted by Gasteiger charge is -2.37. The van der Waals surface area contributed by atoms with Crippen molar-refractivity contribution in [2.45, 2.75) is 17.4 Å². The molecular formula is C20H21N5O2S. The molecule has 1 atom stereocenters.